The maximum Gasteiger partial charge on any atom is 0.335 e. The standard InChI is InChI=1S/C20H16BrClN2O5/c1-3-29-16-8-11(7-14(21)17(16)25)6-13-18(26)23-20(28)24(19(13)27)15-9-12(22)5-4-10(15)2/h4-9,25H,3H2,1-2H3,(H,23,26,28)/b13-6+. The number of hydrogen-bond acceptors (Lipinski definition) is 5. The predicted octanol–water partition coefficient (Wildman–Crippen LogP) is 4.18. The molecule has 2 N–H and O–H groups in total. The van der Waals surface area contributed by atoms with Crippen LogP contribution in [-0.4, -0.2) is 29.6 Å². The number of amides is 4. The maximum absolute atomic E-state index is 13.0. The molecule has 2 aromatic carbocycles. The average molecular weight is 480 g/mol. The number of ether oxygens (including phenoxy) is 1. The zero-order chi connectivity index (χ0) is 21.3. The van der Waals surface area contributed by atoms with Gasteiger partial charge in [0.1, 0.15) is 5.57 Å². The molecule has 4 amide bonds. The zero-order valence-electron chi connectivity index (χ0n) is 15.5. The van der Waals surface area contributed by atoms with E-state index < -0.39 is 17.8 Å². The van der Waals surface area contributed by atoms with Gasteiger partial charge in [0.05, 0.1) is 16.8 Å². The number of anilines is 1. The number of barbiturate groups is 1. The van der Waals surface area contributed by atoms with E-state index in [1.54, 1.807) is 26.0 Å². The number of phenolic OH excluding ortho intramolecular Hbond substituents is 1. The minimum Gasteiger partial charge on any atom is -0.503 e. The summed E-state index contributed by atoms with van der Waals surface area (Å²) in [4.78, 5) is 38.6. The van der Waals surface area contributed by atoms with E-state index in [0.29, 0.717) is 27.2 Å². The number of urea groups is 1. The number of phenols is 1. The molecule has 1 saturated heterocycles. The lowest BCUT2D eigenvalue weighted by Gasteiger charge is -2.27. The third-order valence-corrected chi connectivity index (χ3v) is 5.01. The number of carbonyl (C=O) groups excluding carboxylic acids is 3. The highest BCUT2D eigenvalue weighted by molar-refractivity contribution is 9.10. The van der Waals surface area contributed by atoms with Crippen LogP contribution >= 0.6 is 27.5 Å². The third kappa shape index (κ3) is 4.13. The van der Waals surface area contributed by atoms with Crippen LogP contribution in [0, 0.1) is 6.92 Å². The van der Waals surface area contributed by atoms with Gasteiger partial charge in [-0.05, 0) is 71.2 Å². The molecule has 1 heterocycles. The number of aryl methyl sites for hydroxylation is 1. The number of carbonyl (C=O) groups is 3. The van der Waals surface area contributed by atoms with E-state index in [-0.39, 0.29) is 22.8 Å². The number of aromatic hydroxyl groups is 1. The Morgan fingerprint density at radius 1 is 1.24 bits per heavy atom. The van der Waals surface area contributed by atoms with Crippen molar-refractivity contribution in [1.29, 1.82) is 0 Å². The summed E-state index contributed by atoms with van der Waals surface area (Å²) in [6.45, 7) is 3.79. The molecule has 1 aliphatic heterocycles. The normalized spacial score (nSPS) is 15.7. The van der Waals surface area contributed by atoms with Crippen LogP contribution in [0.2, 0.25) is 5.02 Å². The third-order valence-electron chi connectivity index (χ3n) is 4.18. The Morgan fingerprint density at radius 2 is 1.97 bits per heavy atom. The van der Waals surface area contributed by atoms with Crippen molar-refractivity contribution in [2.24, 2.45) is 0 Å². The van der Waals surface area contributed by atoms with Gasteiger partial charge in [0.2, 0.25) is 0 Å². The molecule has 7 nitrogen and oxygen atoms in total. The minimum atomic E-state index is -0.857. The van der Waals surface area contributed by atoms with Gasteiger partial charge >= 0.3 is 6.03 Å². The molecular weight excluding hydrogens is 464 g/mol. The van der Waals surface area contributed by atoms with Gasteiger partial charge < -0.3 is 9.84 Å². The van der Waals surface area contributed by atoms with E-state index in [0.717, 1.165) is 4.90 Å². The second-order valence-corrected chi connectivity index (χ2v) is 7.46. The van der Waals surface area contributed by atoms with Crippen molar-refractivity contribution in [3.8, 4) is 11.5 Å². The van der Waals surface area contributed by atoms with Crippen LogP contribution in [0.25, 0.3) is 6.08 Å². The molecular formula is C20H16BrClN2O5. The second-order valence-electron chi connectivity index (χ2n) is 6.17. The quantitative estimate of drug-likeness (QED) is 0.507. The first-order valence-corrected chi connectivity index (χ1v) is 9.73. The van der Waals surface area contributed by atoms with Crippen LogP contribution in [0.4, 0.5) is 10.5 Å². The fourth-order valence-corrected chi connectivity index (χ4v) is 3.44. The molecule has 0 atom stereocenters. The number of hydrogen-bond donors (Lipinski definition) is 2. The number of halogens is 2. The highest BCUT2D eigenvalue weighted by Gasteiger charge is 2.37. The summed E-state index contributed by atoms with van der Waals surface area (Å²) < 4.78 is 5.69. The highest BCUT2D eigenvalue weighted by Crippen LogP contribution is 2.36. The van der Waals surface area contributed by atoms with E-state index in [9.17, 15) is 19.5 Å². The topological polar surface area (TPSA) is 95.9 Å². The molecule has 0 aliphatic carbocycles. The molecule has 0 spiro atoms. The molecule has 150 valence electrons. The largest absolute Gasteiger partial charge is 0.503 e. The molecule has 0 aromatic heterocycles. The maximum atomic E-state index is 13.0. The molecule has 2 aromatic rings. The van der Waals surface area contributed by atoms with E-state index in [2.05, 4.69) is 21.2 Å². The van der Waals surface area contributed by atoms with Gasteiger partial charge in [-0.3, -0.25) is 14.9 Å². The molecule has 0 radical (unpaired) electrons. The Bertz CT molecular complexity index is 1070. The van der Waals surface area contributed by atoms with Gasteiger partial charge in [0, 0.05) is 5.02 Å². The van der Waals surface area contributed by atoms with Crippen molar-refractivity contribution >= 4 is 57.1 Å². The van der Waals surface area contributed by atoms with E-state index in [4.69, 9.17) is 16.3 Å². The van der Waals surface area contributed by atoms with E-state index in [1.807, 2.05) is 0 Å². The smallest absolute Gasteiger partial charge is 0.335 e. The summed E-state index contributed by atoms with van der Waals surface area (Å²) in [5.41, 5.74) is 1.09. The molecule has 1 aliphatic rings. The lowest BCUT2D eigenvalue weighted by molar-refractivity contribution is -0.122. The zero-order valence-corrected chi connectivity index (χ0v) is 17.8. The van der Waals surface area contributed by atoms with Crippen molar-refractivity contribution in [3.05, 3.63) is 56.5 Å². The first kappa shape index (κ1) is 20.9. The minimum absolute atomic E-state index is 0.0974. The number of imide groups is 2. The first-order chi connectivity index (χ1) is 13.7. The second kappa shape index (κ2) is 8.26. The van der Waals surface area contributed by atoms with Gasteiger partial charge in [-0.1, -0.05) is 17.7 Å². The molecule has 3 rings (SSSR count). The molecule has 9 heteroatoms. The Hall–Kier alpha value is -2.84. The molecule has 1 fully saturated rings. The molecule has 0 saturated carbocycles. The summed E-state index contributed by atoms with van der Waals surface area (Å²) in [5, 5.41) is 12.6. The van der Waals surface area contributed by atoms with Crippen molar-refractivity contribution < 1.29 is 24.2 Å². The SMILES string of the molecule is CCOc1cc(/C=C2\C(=O)NC(=O)N(c3cc(Cl)ccc3C)C2=O)cc(Br)c1O. The summed E-state index contributed by atoms with van der Waals surface area (Å²) >= 11 is 9.23. The lowest BCUT2D eigenvalue weighted by Crippen LogP contribution is -2.54. The monoisotopic (exact) mass is 478 g/mol. The summed E-state index contributed by atoms with van der Waals surface area (Å²) in [6.07, 6.45) is 1.32. The van der Waals surface area contributed by atoms with Gasteiger partial charge in [0.15, 0.2) is 11.5 Å². The van der Waals surface area contributed by atoms with Crippen LogP contribution in [-0.2, 0) is 9.59 Å². The van der Waals surface area contributed by atoms with Gasteiger partial charge in [-0.2, -0.15) is 0 Å². The first-order valence-electron chi connectivity index (χ1n) is 8.55. The van der Waals surface area contributed by atoms with Gasteiger partial charge in [0.25, 0.3) is 11.8 Å². The predicted molar refractivity (Wildman–Crippen MR) is 112 cm³/mol. The number of benzene rings is 2. The van der Waals surface area contributed by atoms with Gasteiger partial charge in [-0.25, -0.2) is 9.69 Å². The number of nitrogens with one attached hydrogen (secondary N) is 1. The fourth-order valence-electron chi connectivity index (χ4n) is 2.81. The van der Waals surface area contributed by atoms with Gasteiger partial charge in [-0.15, -0.1) is 0 Å². The number of rotatable bonds is 4. The van der Waals surface area contributed by atoms with Crippen LogP contribution in [0.5, 0.6) is 11.5 Å². The van der Waals surface area contributed by atoms with Crippen LogP contribution in [0.3, 0.4) is 0 Å². The summed E-state index contributed by atoms with van der Waals surface area (Å²) in [5.74, 6) is -1.51. The van der Waals surface area contributed by atoms with Crippen molar-refractivity contribution in [1.82, 2.24) is 5.32 Å². The molecule has 0 bridgehead atoms. The van der Waals surface area contributed by atoms with Crippen molar-refractivity contribution in [3.63, 3.8) is 0 Å². The highest BCUT2D eigenvalue weighted by atomic mass is 79.9. The van der Waals surface area contributed by atoms with Crippen LogP contribution in [0.15, 0.2) is 40.4 Å². The number of nitrogens with zero attached hydrogens (tertiary/aromatic N) is 1. The van der Waals surface area contributed by atoms with Crippen molar-refractivity contribution in [2.75, 3.05) is 11.5 Å². The molecule has 29 heavy (non-hydrogen) atoms. The summed E-state index contributed by atoms with van der Waals surface area (Å²) in [6, 6.07) is 6.94. The van der Waals surface area contributed by atoms with Crippen LogP contribution < -0.4 is 15.0 Å². The Morgan fingerprint density at radius 3 is 2.66 bits per heavy atom. The lowest BCUT2D eigenvalue weighted by atomic mass is 10.1. The summed E-state index contributed by atoms with van der Waals surface area (Å²) in [7, 11) is 0. The fraction of sp³-hybridized carbons (Fsp3) is 0.150. The van der Waals surface area contributed by atoms with Crippen molar-refractivity contribution in [2.45, 2.75) is 13.8 Å². The average Bonchev–Trinajstić information content (AvgIpc) is 2.65. The van der Waals surface area contributed by atoms with Crippen LogP contribution in [0.1, 0.15) is 18.1 Å². The Labute approximate surface area is 180 Å². The van der Waals surface area contributed by atoms with E-state index >= 15 is 0 Å². The Balaban J connectivity index is 2.07. The van der Waals surface area contributed by atoms with E-state index in [1.165, 1.54) is 24.3 Å². The Kier molecular flexibility index (Phi) is 5.95. The molecule has 0 unspecified atom stereocenters.